The summed E-state index contributed by atoms with van der Waals surface area (Å²) in [6.45, 7) is 3.28. The predicted octanol–water partition coefficient (Wildman–Crippen LogP) is 3.30. The largest absolute Gasteiger partial charge is 0.397 e. The number of hydrogen-bond acceptors (Lipinski definition) is 3. The van der Waals surface area contributed by atoms with Crippen LogP contribution in [0, 0.1) is 11.3 Å². The van der Waals surface area contributed by atoms with E-state index in [0.717, 1.165) is 24.3 Å². The lowest BCUT2D eigenvalue weighted by Crippen LogP contribution is -2.34. The fourth-order valence-corrected chi connectivity index (χ4v) is 2.78. The summed E-state index contributed by atoms with van der Waals surface area (Å²) in [4.78, 5) is 2.41. The first-order valence-electron chi connectivity index (χ1n) is 6.82. The van der Waals surface area contributed by atoms with Gasteiger partial charge in [-0.15, -0.1) is 0 Å². The number of nitrogens with zero attached hydrogens (tertiary/aromatic N) is 2. The number of anilines is 2. The topological polar surface area (TPSA) is 53.0 Å². The Morgan fingerprint density at radius 1 is 1.39 bits per heavy atom. The van der Waals surface area contributed by atoms with Gasteiger partial charge in [0.25, 0.3) is 0 Å². The maximum absolute atomic E-state index is 9.02. The molecule has 1 aliphatic heterocycles. The minimum absolute atomic E-state index is 0.559. The Labute approximate surface area is 109 Å². The molecule has 2 N–H and O–H groups in total. The predicted molar refractivity (Wildman–Crippen MR) is 75.5 cm³/mol. The van der Waals surface area contributed by atoms with Crippen LogP contribution in [0.3, 0.4) is 0 Å². The third kappa shape index (κ3) is 2.59. The first-order chi connectivity index (χ1) is 8.76. The van der Waals surface area contributed by atoms with Crippen molar-refractivity contribution in [2.45, 2.75) is 45.1 Å². The van der Waals surface area contributed by atoms with Crippen LogP contribution >= 0.6 is 0 Å². The Morgan fingerprint density at radius 3 is 2.94 bits per heavy atom. The molecule has 1 saturated heterocycles. The summed E-state index contributed by atoms with van der Waals surface area (Å²) in [5.74, 6) is 0. The van der Waals surface area contributed by atoms with Gasteiger partial charge in [0, 0.05) is 12.6 Å². The molecule has 18 heavy (non-hydrogen) atoms. The van der Waals surface area contributed by atoms with Crippen molar-refractivity contribution in [2.24, 2.45) is 0 Å². The second-order valence-corrected chi connectivity index (χ2v) is 4.99. The minimum Gasteiger partial charge on any atom is -0.397 e. The van der Waals surface area contributed by atoms with Gasteiger partial charge in [-0.05, 0) is 37.5 Å². The second kappa shape index (κ2) is 5.77. The van der Waals surface area contributed by atoms with E-state index in [2.05, 4.69) is 17.9 Å². The molecular weight excluding hydrogens is 222 g/mol. The molecule has 3 heteroatoms. The van der Waals surface area contributed by atoms with Gasteiger partial charge < -0.3 is 10.6 Å². The van der Waals surface area contributed by atoms with Crippen molar-refractivity contribution >= 4 is 11.4 Å². The summed E-state index contributed by atoms with van der Waals surface area (Å²) < 4.78 is 0. The van der Waals surface area contributed by atoms with Crippen LogP contribution in [0.25, 0.3) is 0 Å². The van der Waals surface area contributed by atoms with Crippen LogP contribution in [-0.2, 0) is 0 Å². The zero-order valence-electron chi connectivity index (χ0n) is 11.0. The van der Waals surface area contributed by atoms with Crippen molar-refractivity contribution in [3.63, 3.8) is 0 Å². The number of nitriles is 1. The SMILES string of the molecule is CCC1CCCCCN1c1cc(C#N)ccc1N. The molecule has 0 aliphatic carbocycles. The van der Waals surface area contributed by atoms with Crippen LogP contribution in [0.5, 0.6) is 0 Å². The van der Waals surface area contributed by atoms with Crippen molar-refractivity contribution in [1.29, 1.82) is 5.26 Å². The smallest absolute Gasteiger partial charge is 0.0992 e. The molecule has 1 aliphatic rings. The molecule has 0 bridgehead atoms. The van der Waals surface area contributed by atoms with Crippen LogP contribution in [-0.4, -0.2) is 12.6 Å². The second-order valence-electron chi connectivity index (χ2n) is 4.99. The third-order valence-electron chi connectivity index (χ3n) is 3.82. The van der Waals surface area contributed by atoms with Crippen molar-refractivity contribution in [2.75, 3.05) is 17.2 Å². The Kier molecular flexibility index (Phi) is 4.09. The van der Waals surface area contributed by atoms with E-state index in [1.54, 1.807) is 6.07 Å². The molecule has 0 amide bonds. The molecule has 0 saturated carbocycles. The van der Waals surface area contributed by atoms with E-state index in [1.165, 1.54) is 25.7 Å². The quantitative estimate of drug-likeness (QED) is 0.811. The zero-order chi connectivity index (χ0) is 13.0. The van der Waals surface area contributed by atoms with Gasteiger partial charge in [0.05, 0.1) is 23.0 Å². The molecule has 96 valence electrons. The number of benzene rings is 1. The van der Waals surface area contributed by atoms with E-state index in [9.17, 15) is 0 Å². The number of rotatable bonds is 2. The minimum atomic E-state index is 0.559. The van der Waals surface area contributed by atoms with Gasteiger partial charge in [0.1, 0.15) is 0 Å². The highest BCUT2D eigenvalue weighted by Crippen LogP contribution is 2.31. The fraction of sp³-hybridized carbons (Fsp3) is 0.533. The van der Waals surface area contributed by atoms with Crippen molar-refractivity contribution < 1.29 is 0 Å². The highest BCUT2D eigenvalue weighted by Gasteiger charge is 2.21. The van der Waals surface area contributed by atoms with Gasteiger partial charge >= 0.3 is 0 Å². The van der Waals surface area contributed by atoms with Crippen LogP contribution in [0.1, 0.15) is 44.6 Å². The molecule has 1 aromatic rings. The van der Waals surface area contributed by atoms with E-state index in [4.69, 9.17) is 11.0 Å². The van der Waals surface area contributed by atoms with Crippen LogP contribution < -0.4 is 10.6 Å². The molecule has 0 radical (unpaired) electrons. The number of hydrogen-bond donors (Lipinski definition) is 1. The summed E-state index contributed by atoms with van der Waals surface area (Å²) in [7, 11) is 0. The Bertz CT molecular complexity index is 448. The van der Waals surface area contributed by atoms with Gasteiger partial charge in [-0.1, -0.05) is 19.8 Å². The Balaban J connectivity index is 2.35. The first-order valence-corrected chi connectivity index (χ1v) is 6.82. The standard InChI is InChI=1S/C15H21N3/c1-2-13-6-4-3-5-9-18(13)15-10-12(11-16)7-8-14(15)17/h7-8,10,13H,2-6,9,17H2,1H3. The van der Waals surface area contributed by atoms with Gasteiger partial charge in [0.15, 0.2) is 0 Å². The highest BCUT2D eigenvalue weighted by molar-refractivity contribution is 5.70. The maximum Gasteiger partial charge on any atom is 0.0992 e. The molecule has 1 atom stereocenters. The first kappa shape index (κ1) is 12.8. The average molecular weight is 243 g/mol. The summed E-state index contributed by atoms with van der Waals surface area (Å²) >= 11 is 0. The third-order valence-corrected chi connectivity index (χ3v) is 3.82. The summed E-state index contributed by atoms with van der Waals surface area (Å²) in [5.41, 5.74) is 8.62. The Hall–Kier alpha value is -1.69. The zero-order valence-corrected chi connectivity index (χ0v) is 11.0. The van der Waals surface area contributed by atoms with Crippen molar-refractivity contribution in [3.8, 4) is 6.07 Å². The molecule has 1 fully saturated rings. The van der Waals surface area contributed by atoms with E-state index < -0.39 is 0 Å². The molecule has 3 nitrogen and oxygen atoms in total. The average Bonchev–Trinajstić information content (AvgIpc) is 2.64. The van der Waals surface area contributed by atoms with Crippen molar-refractivity contribution in [3.05, 3.63) is 23.8 Å². The Morgan fingerprint density at radius 2 is 2.22 bits per heavy atom. The van der Waals surface area contributed by atoms with E-state index in [0.29, 0.717) is 11.6 Å². The van der Waals surface area contributed by atoms with Gasteiger partial charge in [0.2, 0.25) is 0 Å². The molecule has 0 spiro atoms. The molecular formula is C15H21N3. The molecule has 0 aromatic heterocycles. The molecule has 2 rings (SSSR count). The lowest BCUT2D eigenvalue weighted by Gasteiger charge is -2.32. The van der Waals surface area contributed by atoms with Crippen LogP contribution in [0.4, 0.5) is 11.4 Å². The monoisotopic (exact) mass is 243 g/mol. The van der Waals surface area contributed by atoms with E-state index >= 15 is 0 Å². The van der Waals surface area contributed by atoms with Gasteiger partial charge in [-0.3, -0.25) is 0 Å². The number of nitrogen functional groups attached to an aromatic ring is 1. The molecule has 1 heterocycles. The molecule has 1 aromatic carbocycles. The van der Waals surface area contributed by atoms with Crippen LogP contribution in [0.15, 0.2) is 18.2 Å². The molecule has 1 unspecified atom stereocenters. The lowest BCUT2D eigenvalue weighted by molar-refractivity contribution is 0.557. The normalized spacial score (nSPS) is 20.2. The van der Waals surface area contributed by atoms with Crippen molar-refractivity contribution in [1.82, 2.24) is 0 Å². The van der Waals surface area contributed by atoms with E-state index in [-0.39, 0.29) is 0 Å². The summed E-state index contributed by atoms with van der Waals surface area (Å²) in [5, 5.41) is 9.02. The maximum atomic E-state index is 9.02. The summed E-state index contributed by atoms with van der Waals surface area (Å²) in [6, 6.07) is 8.33. The fourth-order valence-electron chi connectivity index (χ4n) is 2.78. The van der Waals surface area contributed by atoms with Gasteiger partial charge in [-0.2, -0.15) is 5.26 Å². The highest BCUT2D eigenvalue weighted by atomic mass is 15.2. The number of nitrogens with two attached hydrogens (primary N) is 1. The van der Waals surface area contributed by atoms with Crippen LogP contribution in [0.2, 0.25) is 0 Å². The van der Waals surface area contributed by atoms with Gasteiger partial charge in [-0.25, -0.2) is 0 Å². The summed E-state index contributed by atoms with van der Waals surface area (Å²) in [6.07, 6.45) is 6.17. The lowest BCUT2D eigenvalue weighted by atomic mass is 10.1. The van der Waals surface area contributed by atoms with E-state index in [1.807, 2.05) is 12.1 Å².